The van der Waals surface area contributed by atoms with Gasteiger partial charge in [-0.05, 0) is 25.8 Å². The van der Waals surface area contributed by atoms with E-state index in [1.165, 1.54) is 0 Å². The molecule has 2 aliphatic heterocycles. The first kappa shape index (κ1) is 15.7. The molecule has 0 spiro atoms. The third kappa shape index (κ3) is 4.43. The Kier molecular flexibility index (Phi) is 5.40. The second-order valence-electron chi connectivity index (χ2n) is 5.82. The number of sulfone groups is 1. The van der Waals surface area contributed by atoms with Crippen molar-refractivity contribution in [2.45, 2.75) is 44.2 Å². The molecule has 1 amide bonds. The van der Waals surface area contributed by atoms with Crippen molar-refractivity contribution in [3.8, 4) is 0 Å². The highest BCUT2D eigenvalue weighted by Gasteiger charge is 2.30. The maximum Gasteiger partial charge on any atom is 0.234 e. The molecule has 2 atom stereocenters. The molecular formula is C13H24N2O4S. The minimum atomic E-state index is -2.96. The first-order valence-corrected chi connectivity index (χ1v) is 9.17. The highest BCUT2D eigenvalue weighted by atomic mass is 32.2. The van der Waals surface area contributed by atoms with Crippen LogP contribution < -0.4 is 5.32 Å². The molecule has 2 N–H and O–H groups in total. The monoisotopic (exact) mass is 304 g/mol. The molecule has 20 heavy (non-hydrogen) atoms. The minimum absolute atomic E-state index is 0.0514. The molecule has 0 radical (unpaired) electrons. The number of aliphatic hydroxyl groups is 1. The fraction of sp³-hybridized carbons (Fsp3) is 0.923. The van der Waals surface area contributed by atoms with Crippen LogP contribution in [-0.4, -0.2) is 67.6 Å². The maximum atomic E-state index is 12.0. The first-order chi connectivity index (χ1) is 9.50. The summed E-state index contributed by atoms with van der Waals surface area (Å²) in [5.41, 5.74) is 0. The van der Waals surface area contributed by atoms with Gasteiger partial charge in [-0.25, -0.2) is 8.42 Å². The molecule has 2 unspecified atom stereocenters. The number of likely N-dealkylation sites (tertiary alicyclic amines) is 1. The summed E-state index contributed by atoms with van der Waals surface area (Å²) in [6.07, 6.45) is 4.69. The Balaban J connectivity index is 1.83. The molecule has 0 aromatic carbocycles. The van der Waals surface area contributed by atoms with E-state index in [0.717, 1.165) is 32.2 Å². The Morgan fingerprint density at radius 1 is 1.25 bits per heavy atom. The number of nitrogens with zero attached hydrogens (tertiary/aromatic N) is 1. The highest BCUT2D eigenvalue weighted by Crippen LogP contribution is 2.16. The van der Waals surface area contributed by atoms with Crippen molar-refractivity contribution in [2.24, 2.45) is 0 Å². The van der Waals surface area contributed by atoms with Gasteiger partial charge in [0.05, 0.1) is 24.7 Å². The zero-order valence-electron chi connectivity index (χ0n) is 11.8. The summed E-state index contributed by atoms with van der Waals surface area (Å²) >= 11 is 0. The quantitative estimate of drug-likeness (QED) is 0.733. The summed E-state index contributed by atoms with van der Waals surface area (Å²) in [6.45, 7) is 1.15. The predicted octanol–water partition coefficient (Wildman–Crippen LogP) is -0.473. The molecular weight excluding hydrogens is 280 g/mol. The zero-order chi connectivity index (χ0) is 14.6. The van der Waals surface area contributed by atoms with Crippen LogP contribution in [-0.2, 0) is 14.6 Å². The van der Waals surface area contributed by atoms with Crippen LogP contribution in [0.1, 0.15) is 32.1 Å². The zero-order valence-corrected chi connectivity index (χ0v) is 12.6. The third-order valence-electron chi connectivity index (χ3n) is 4.15. The van der Waals surface area contributed by atoms with Crippen molar-refractivity contribution in [3.63, 3.8) is 0 Å². The normalized spacial score (nSPS) is 30.9. The molecule has 2 fully saturated rings. The lowest BCUT2D eigenvalue weighted by Crippen LogP contribution is -2.47. The molecule has 7 heteroatoms. The van der Waals surface area contributed by atoms with Gasteiger partial charge < -0.3 is 10.4 Å². The van der Waals surface area contributed by atoms with E-state index in [2.05, 4.69) is 5.32 Å². The van der Waals surface area contributed by atoms with Gasteiger partial charge in [-0.15, -0.1) is 0 Å². The Hall–Kier alpha value is -0.660. The van der Waals surface area contributed by atoms with Gasteiger partial charge in [-0.3, -0.25) is 9.69 Å². The fourth-order valence-corrected chi connectivity index (χ4v) is 4.69. The summed E-state index contributed by atoms with van der Waals surface area (Å²) in [7, 11) is -2.96. The van der Waals surface area contributed by atoms with Crippen LogP contribution in [0.2, 0.25) is 0 Å². The third-order valence-corrected chi connectivity index (χ3v) is 5.92. The van der Waals surface area contributed by atoms with E-state index in [1.807, 2.05) is 4.90 Å². The lowest BCUT2D eigenvalue weighted by molar-refractivity contribution is -0.123. The van der Waals surface area contributed by atoms with Crippen molar-refractivity contribution >= 4 is 15.7 Å². The predicted molar refractivity (Wildman–Crippen MR) is 76.1 cm³/mol. The van der Waals surface area contributed by atoms with Gasteiger partial charge in [0.2, 0.25) is 5.91 Å². The van der Waals surface area contributed by atoms with Crippen LogP contribution in [0.5, 0.6) is 0 Å². The summed E-state index contributed by atoms with van der Waals surface area (Å²) in [5.74, 6) is 0.0933. The van der Waals surface area contributed by atoms with Crippen LogP contribution >= 0.6 is 0 Å². The molecule has 2 aliphatic rings. The SMILES string of the molecule is O=C(CN1CCCCCC1CO)NC1CCS(=O)(=O)C1. The minimum Gasteiger partial charge on any atom is -0.395 e. The van der Waals surface area contributed by atoms with Crippen molar-refractivity contribution in [3.05, 3.63) is 0 Å². The van der Waals surface area contributed by atoms with E-state index in [1.54, 1.807) is 0 Å². The van der Waals surface area contributed by atoms with E-state index in [9.17, 15) is 18.3 Å². The van der Waals surface area contributed by atoms with Crippen molar-refractivity contribution < 1.29 is 18.3 Å². The Morgan fingerprint density at radius 3 is 2.70 bits per heavy atom. The van der Waals surface area contributed by atoms with Crippen LogP contribution in [0.4, 0.5) is 0 Å². The second-order valence-corrected chi connectivity index (χ2v) is 8.05. The fourth-order valence-electron chi connectivity index (χ4n) is 3.02. The topological polar surface area (TPSA) is 86.7 Å². The molecule has 0 aliphatic carbocycles. The summed E-state index contributed by atoms with van der Waals surface area (Å²) < 4.78 is 22.7. The van der Waals surface area contributed by atoms with Gasteiger partial charge in [-0.2, -0.15) is 0 Å². The summed E-state index contributed by atoms with van der Waals surface area (Å²) in [5, 5.41) is 12.2. The number of hydrogen-bond donors (Lipinski definition) is 2. The van der Waals surface area contributed by atoms with Crippen LogP contribution in [0.3, 0.4) is 0 Å². The van der Waals surface area contributed by atoms with Crippen molar-refractivity contribution in [1.82, 2.24) is 10.2 Å². The van der Waals surface area contributed by atoms with E-state index < -0.39 is 9.84 Å². The number of hydrogen-bond acceptors (Lipinski definition) is 5. The number of rotatable bonds is 4. The molecule has 6 nitrogen and oxygen atoms in total. The largest absolute Gasteiger partial charge is 0.395 e. The summed E-state index contributed by atoms with van der Waals surface area (Å²) in [6, 6.07) is -0.192. The number of amides is 1. The average Bonchev–Trinajstić information content (AvgIpc) is 2.60. The van der Waals surface area contributed by atoms with E-state index in [-0.39, 0.29) is 42.6 Å². The van der Waals surface area contributed by atoms with Crippen molar-refractivity contribution in [2.75, 3.05) is 31.2 Å². The van der Waals surface area contributed by atoms with Crippen LogP contribution in [0, 0.1) is 0 Å². The Bertz CT molecular complexity index is 438. The van der Waals surface area contributed by atoms with Gasteiger partial charge in [-0.1, -0.05) is 12.8 Å². The summed E-state index contributed by atoms with van der Waals surface area (Å²) in [4.78, 5) is 14.0. The number of aliphatic hydroxyl groups excluding tert-OH is 1. The van der Waals surface area contributed by atoms with Gasteiger partial charge in [0.25, 0.3) is 0 Å². The van der Waals surface area contributed by atoms with Gasteiger partial charge in [0.15, 0.2) is 9.84 Å². The van der Waals surface area contributed by atoms with E-state index >= 15 is 0 Å². The number of nitrogens with one attached hydrogen (secondary N) is 1. The molecule has 0 bridgehead atoms. The van der Waals surface area contributed by atoms with Crippen LogP contribution in [0.15, 0.2) is 0 Å². The smallest absolute Gasteiger partial charge is 0.234 e. The maximum absolute atomic E-state index is 12.0. The van der Waals surface area contributed by atoms with Crippen LogP contribution in [0.25, 0.3) is 0 Å². The average molecular weight is 304 g/mol. The van der Waals surface area contributed by atoms with Gasteiger partial charge in [0, 0.05) is 12.1 Å². The Labute approximate surface area is 120 Å². The Morgan fingerprint density at radius 2 is 2.05 bits per heavy atom. The standard InChI is InChI=1S/C13H24N2O4S/c16-9-12-4-2-1-3-6-15(12)8-13(17)14-11-5-7-20(18,19)10-11/h11-12,16H,1-10H2,(H,14,17). The van der Waals surface area contributed by atoms with Gasteiger partial charge in [0.1, 0.15) is 0 Å². The van der Waals surface area contributed by atoms with Gasteiger partial charge >= 0.3 is 0 Å². The molecule has 0 saturated carbocycles. The molecule has 2 heterocycles. The number of carbonyl (C=O) groups is 1. The lowest BCUT2D eigenvalue weighted by Gasteiger charge is -2.28. The molecule has 0 aromatic heterocycles. The van der Waals surface area contributed by atoms with E-state index in [0.29, 0.717) is 6.42 Å². The molecule has 2 rings (SSSR count). The molecule has 2 saturated heterocycles. The second kappa shape index (κ2) is 6.87. The van der Waals surface area contributed by atoms with E-state index in [4.69, 9.17) is 0 Å². The number of carbonyl (C=O) groups excluding carboxylic acids is 1. The highest BCUT2D eigenvalue weighted by molar-refractivity contribution is 7.91. The van der Waals surface area contributed by atoms with Crippen molar-refractivity contribution in [1.29, 1.82) is 0 Å². The molecule has 116 valence electrons. The first-order valence-electron chi connectivity index (χ1n) is 7.35. The lowest BCUT2D eigenvalue weighted by atomic mass is 10.1. The molecule has 0 aromatic rings.